The number of aliphatic hydroxyl groups excluding tert-OH is 1. The lowest BCUT2D eigenvalue weighted by Gasteiger charge is -2.26. The minimum Gasteiger partial charge on any atom is -0.480 e. The van der Waals surface area contributed by atoms with E-state index in [1.165, 1.54) is 0 Å². The van der Waals surface area contributed by atoms with Crippen LogP contribution in [0.2, 0.25) is 0 Å². The summed E-state index contributed by atoms with van der Waals surface area (Å²) in [5.41, 5.74) is 0. The number of carbonyl (C=O) groups is 4. The number of hydrogen-bond donors (Lipinski definition) is 5. The van der Waals surface area contributed by atoms with Gasteiger partial charge in [0, 0.05) is 6.54 Å². The summed E-state index contributed by atoms with van der Waals surface area (Å²) in [5, 5.41) is 26.3. The molecule has 0 aromatic carbocycles. The second kappa shape index (κ2) is 8.77. The molecule has 5 N–H and O–H groups in total. The number of carbonyl (C=O) groups excluding carboxylic acids is 3. The van der Waals surface area contributed by atoms with Gasteiger partial charge in [-0.05, 0) is 32.2 Å². The largest absolute Gasteiger partial charge is 0.480 e. The number of carboxylic acid groups (broad SMARTS) is 1. The second-order valence-electron chi connectivity index (χ2n) is 6.20. The Morgan fingerprint density at radius 2 is 1.96 bits per heavy atom. The number of amides is 3. The topological polar surface area (TPSA) is 148 Å². The van der Waals surface area contributed by atoms with Crippen molar-refractivity contribution in [3.05, 3.63) is 0 Å². The Labute approximate surface area is 144 Å². The fourth-order valence-corrected chi connectivity index (χ4v) is 3.12. The van der Waals surface area contributed by atoms with Gasteiger partial charge < -0.3 is 31.1 Å². The first-order valence-corrected chi connectivity index (χ1v) is 8.38. The molecule has 0 aliphatic carbocycles. The van der Waals surface area contributed by atoms with Crippen molar-refractivity contribution in [2.24, 2.45) is 0 Å². The van der Waals surface area contributed by atoms with E-state index in [0.29, 0.717) is 19.3 Å². The van der Waals surface area contributed by atoms with E-state index in [9.17, 15) is 24.3 Å². The quantitative estimate of drug-likeness (QED) is 0.336. The van der Waals surface area contributed by atoms with E-state index in [-0.39, 0.29) is 25.0 Å². The average Bonchev–Trinajstić information content (AvgIpc) is 3.28. The summed E-state index contributed by atoms with van der Waals surface area (Å²) in [5.74, 6) is -2.65. The van der Waals surface area contributed by atoms with E-state index >= 15 is 0 Å². The molecule has 25 heavy (non-hydrogen) atoms. The third-order valence-electron chi connectivity index (χ3n) is 4.44. The highest BCUT2D eigenvalue weighted by atomic mass is 16.4. The van der Waals surface area contributed by atoms with Gasteiger partial charge in [0.05, 0.1) is 19.2 Å². The molecule has 3 atom stereocenters. The SMILES string of the molecule is O=C(CNC(=O)[C@@H]1CCCN1)N[C@@H](CO)C(=O)N1CCC[C@H]1C(=O)O. The summed E-state index contributed by atoms with van der Waals surface area (Å²) in [6.45, 7) is 0.0624. The predicted molar refractivity (Wildman–Crippen MR) is 85.4 cm³/mol. The molecule has 0 saturated carbocycles. The van der Waals surface area contributed by atoms with E-state index in [2.05, 4.69) is 16.0 Å². The summed E-state index contributed by atoms with van der Waals surface area (Å²) in [6.07, 6.45) is 2.50. The van der Waals surface area contributed by atoms with Crippen molar-refractivity contribution in [2.45, 2.75) is 43.8 Å². The number of hydrogen-bond acceptors (Lipinski definition) is 6. The van der Waals surface area contributed by atoms with Crippen LogP contribution in [0.4, 0.5) is 0 Å². The summed E-state index contributed by atoms with van der Waals surface area (Å²) in [6, 6.07) is -2.48. The van der Waals surface area contributed by atoms with Crippen LogP contribution in [0.15, 0.2) is 0 Å². The lowest BCUT2D eigenvalue weighted by atomic mass is 10.2. The van der Waals surface area contributed by atoms with Gasteiger partial charge in [0.2, 0.25) is 17.7 Å². The van der Waals surface area contributed by atoms with E-state index in [4.69, 9.17) is 5.11 Å². The zero-order valence-corrected chi connectivity index (χ0v) is 13.9. The zero-order chi connectivity index (χ0) is 18.4. The van der Waals surface area contributed by atoms with Crippen LogP contribution in [-0.4, -0.2) is 83.2 Å². The molecule has 2 heterocycles. The number of nitrogens with zero attached hydrogens (tertiary/aromatic N) is 1. The van der Waals surface area contributed by atoms with Crippen molar-refractivity contribution < 1.29 is 29.4 Å². The Balaban J connectivity index is 1.83. The Kier molecular flexibility index (Phi) is 6.71. The van der Waals surface area contributed by atoms with Crippen LogP contribution in [0.25, 0.3) is 0 Å². The van der Waals surface area contributed by atoms with Gasteiger partial charge in [0.15, 0.2) is 0 Å². The molecule has 140 valence electrons. The van der Waals surface area contributed by atoms with Gasteiger partial charge in [-0.3, -0.25) is 14.4 Å². The summed E-state index contributed by atoms with van der Waals surface area (Å²) in [4.78, 5) is 48.4. The maximum Gasteiger partial charge on any atom is 0.326 e. The van der Waals surface area contributed by atoms with Crippen LogP contribution in [0.1, 0.15) is 25.7 Å². The lowest BCUT2D eigenvalue weighted by Crippen LogP contribution is -2.55. The van der Waals surface area contributed by atoms with Gasteiger partial charge >= 0.3 is 5.97 Å². The van der Waals surface area contributed by atoms with Crippen molar-refractivity contribution in [2.75, 3.05) is 26.2 Å². The lowest BCUT2D eigenvalue weighted by molar-refractivity contribution is -0.149. The Morgan fingerprint density at radius 3 is 2.56 bits per heavy atom. The monoisotopic (exact) mass is 356 g/mol. The molecular weight excluding hydrogens is 332 g/mol. The van der Waals surface area contributed by atoms with Crippen LogP contribution in [0.3, 0.4) is 0 Å². The highest BCUT2D eigenvalue weighted by Gasteiger charge is 2.37. The second-order valence-corrected chi connectivity index (χ2v) is 6.20. The van der Waals surface area contributed by atoms with Crippen LogP contribution < -0.4 is 16.0 Å². The molecule has 0 bridgehead atoms. The van der Waals surface area contributed by atoms with E-state index < -0.39 is 36.5 Å². The first kappa shape index (κ1) is 19.1. The average molecular weight is 356 g/mol. The van der Waals surface area contributed by atoms with Gasteiger partial charge in [-0.25, -0.2) is 4.79 Å². The molecule has 3 amide bonds. The molecule has 0 unspecified atom stereocenters. The third kappa shape index (κ3) is 4.89. The van der Waals surface area contributed by atoms with Crippen molar-refractivity contribution in [3.8, 4) is 0 Å². The molecule has 10 nitrogen and oxygen atoms in total. The minimum atomic E-state index is -1.23. The smallest absolute Gasteiger partial charge is 0.326 e. The van der Waals surface area contributed by atoms with E-state index in [1.807, 2.05) is 0 Å². The number of carboxylic acids is 1. The first-order chi connectivity index (χ1) is 11.9. The van der Waals surface area contributed by atoms with Gasteiger partial charge in [-0.1, -0.05) is 0 Å². The van der Waals surface area contributed by atoms with Crippen LogP contribution in [-0.2, 0) is 19.2 Å². The molecule has 0 aromatic rings. The molecule has 0 radical (unpaired) electrons. The molecule has 2 rings (SSSR count). The highest BCUT2D eigenvalue weighted by Crippen LogP contribution is 2.18. The maximum atomic E-state index is 12.4. The molecule has 10 heteroatoms. The van der Waals surface area contributed by atoms with Crippen LogP contribution in [0, 0.1) is 0 Å². The number of rotatable bonds is 7. The summed E-state index contributed by atoms with van der Waals surface area (Å²) >= 11 is 0. The van der Waals surface area contributed by atoms with Crippen molar-refractivity contribution in [1.29, 1.82) is 0 Å². The zero-order valence-electron chi connectivity index (χ0n) is 13.9. The predicted octanol–water partition coefficient (Wildman–Crippen LogP) is -2.59. The number of aliphatic hydroxyl groups is 1. The fraction of sp³-hybridized carbons (Fsp3) is 0.733. The molecule has 0 aromatic heterocycles. The third-order valence-corrected chi connectivity index (χ3v) is 4.44. The van der Waals surface area contributed by atoms with Crippen molar-refractivity contribution in [1.82, 2.24) is 20.9 Å². The molecule has 2 fully saturated rings. The summed E-state index contributed by atoms with van der Waals surface area (Å²) < 4.78 is 0. The fourth-order valence-electron chi connectivity index (χ4n) is 3.12. The maximum absolute atomic E-state index is 12.4. The first-order valence-electron chi connectivity index (χ1n) is 8.38. The number of aliphatic carboxylic acids is 1. The van der Waals surface area contributed by atoms with Gasteiger partial charge in [0.1, 0.15) is 12.1 Å². The highest BCUT2D eigenvalue weighted by molar-refractivity contribution is 5.92. The normalized spacial score (nSPS) is 24.0. The number of nitrogens with one attached hydrogen (secondary N) is 3. The molecular formula is C15H24N4O6. The van der Waals surface area contributed by atoms with Gasteiger partial charge in [-0.15, -0.1) is 0 Å². The standard InChI is InChI=1S/C15H24N4O6/c20-8-10(14(23)19-6-2-4-11(19)15(24)25)18-12(21)7-17-13(22)9-3-1-5-16-9/h9-11,16,20H,1-8H2,(H,17,22)(H,18,21)(H,24,25)/t9-,10-,11-/m0/s1. The van der Waals surface area contributed by atoms with E-state index in [0.717, 1.165) is 17.9 Å². The molecule has 2 aliphatic heterocycles. The van der Waals surface area contributed by atoms with Crippen molar-refractivity contribution in [3.63, 3.8) is 0 Å². The summed E-state index contributed by atoms with van der Waals surface area (Å²) in [7, 11) is 0. The van der Waals surface area contributed by atoms with E-state index in [1.54, 1.807) is 0 Å². The Morgan fingerprint density at radius 1 is 1.20 bits per heavy atom. The Hall–Kier alpha value is -2.20. The van der Waals surface area contributed by atoms with Crippen molar-refractivity contribution >= 4 is 23.7 Å². The molecule has 2 saturated heterocycles. The van der Waals surface area contributed by atoms with Crippen LogP contribution >= 0.6 is 0 Å². The molecule has 0 spiro atoms. The van der Waals surface area contributed by atoms with Gasteiger partial charge in [0.25, 0.3) is 0 Å². The van der Waals surface area contributed by atoms with Gasteiger partial charge in [-0.2, -0.15) is 0 Å². The minimum absolute atomic E-state index is 0.270. The number of likely N-dealkylation sites (tertiary alicyclic amines) is 1. The molecule has 2 aliphatic rings. The van der Waals surface area contributed by atoms with Crippen LogP contribution in [0.5, 0.6) is 0 Å². The Bertz CT molecular complexity index is 534.